The number of halogens is 1. The summed E-state index contributed by atoms with van der Waals surface area (Å²) in [4.78, 5) is 23.0. The lowest BCUT2D eigenvalue weighted by Crippen LogP contribution is -2.45. The average molecular weight is 311 g/mol. The molecule has 2 amide bonds. The smallest absolute Gasteiger partial charge is 0.224 e. The number of piperidine rings is 1. The van der Waals surface area contributed by atoms with Crippen molar-refractivity contribution in [3.63, 3.8) is 0 Å². The number of carbonyl (C=O) groups is 2. The van der Waals surface area contributed by atoms with Crippen molar-refractivity contribution in [2.45, 2.75) is 25.3 Å². The lowest BCUT2D eigenvalue weighted by Gasteiger charge is -2.23. The van der Waals surface area contributed by atoms with Crippen LogP contribution in [-0.4, -0.2) is 24.4 Å². The van der Waals surface area contributed by atoms with Crippen molar-refractivity contribution in [2.24, 2.45) is 0 Å². The first kappa shape index (κ1) is 13.1. The third kappa shape index (κ3) is 3.84. The molecule has 1 aliphatic rings. The summed E-state index contributed by atoms with van der Waals surface area (Å²) in [6.45, 7) is 0.640. The van der Waals surface area contributed by atoms with Gasteiger partial charge in [-0.15, -0.1) is 0 Å². The van der Waals surface area contributed by atoms with Gasteiger partial charge in [0.15, 0.2) is 0 Å². The molecular formula is C13H15BrN2O2. The number of carbonyl (C=O) groups excluding carboxylic acids is 2. The van der Waals surface area contributed by atoms with Crippen LogP contribution in [0, 0.1) is 0 Å². The Morgan fingerprint density at radius 2 is 2.33 bits per heavy atom. The summed E-state index contributed by atoms with van der Waals surface area (Å²) >= 11 is 3.37. The molecule has 0 aromatic heterocycles. The highest BCUT2D eigenvalue weighted by atomic mass is 79.9. The Morgan fingerprint density at radius 3 is 3.06 bits per heavy atom. The van der Waals surface area contributed by atoms with E-state index < -0.39 is 0 Å². The summed E-state index contributed by atoms with van der Waals surface area (Å²) in [5, 5.41) is 5.65. The second-order valence-electron chi connectivity index (χ2n) is 4.41. The van der Waals surface area contributed by atoms with Crippen LogP contribution in [0.1, 0.15) is 18.4 Å². The Hall–Kier alpha value is -1.36. The average Bonchev–Trinajstić information content (AvgIpc) is 2.28. The van der Waals surface area contributed by atoms with E-state index in [0.29, 0.717) is 19.4 Å². The highest BCUT2D eigenvalue weighted by molar-refractivity contribution is 9.10. The number of hydrogen-bond acceptors (Lipinski definition) is 2. The first-order chi connectivity index (χ1) is 8.63. The first-order valence-corrected chi connectivity index (χ1v) is 6.73. The van der Waals surface area contributed by atoms with Crippen molar-refractivity contribution in [1.82, 2.24) is 10.6 Å². The maximum atomic E-state index is 11.8. The summed E-state index contributed by atoms with van der Waals surface area (Å²) in [5.41, 5.74) is 0.960. The van der Waals surface area contributed by atoms with Gasteiger partial charge < -0.3 is 10.6 Å². The molecule has 0 saturated carbocycles. The number of amides is 2. The maximum absolute atomic E-state index is 11.8. The van der Waals surface area contributed by atoms with Gasteiger partial charge in [0.05, 0.1) is 6.42 Å². The van der Waals surface area contributed by atoms with E-state index in [-0.39, 0.29) is 17.9 Å². The highest BCUT2D eigenvalue weighted by Gasteiger charge is 2.20. The van der Waals surface area contributed by atoms with Gasteiger partial charge in [0, 0.05) is 23.5 Å². The third-order valence-corrected chi connectivity index (χ3v) is 3.36. The Bertz CT molecular complexity index is 462. The molecule has 1 aromatic rings. The molecule has 1 unspecified atom stereocenters. The van der Waals surface area contributed by atoms with E-state index in [1.54, 1.807) is 0 Å². The molecule has 1 saturated heterocycles. The fourth-order valence-corrected chi connectivity index (χ4v) is 2.46. The topological polar surface area (TPSA) is 58.2 Å². The van der Waals surface area contributed by atoms with Gasteiger partial charge in [-0.3, -0.25) is 9.59 Å². The summed E-state index contributed by atoms with van der Waals surface area (Å²) in [5.74, 6) is -0.0261. The first-order valence-electron chi connectivity index (χ1n) is 5.94. The summed E-state index contributed by atoms with van der Waals surface area (Å²) in [6.07, 6.45) is 1.53. The van der Waals surface area contributed by atoms with Crippen molar-refractivity contribution in [3.8, 4) is 0 Å². The highest BCUT2D eigenvalue weighted by Crippen LogP contribution is 2.12. The predicted octanol–water partition coefficient (Wildman–Crippen LogP) is 1.39. The maximum Gasteiger partial charge on any atom is 0.224 e. The summed E-state index contributed by atoms with van der Waals surface area (Å²) < 4.78 is 0.963. The van der Waals surface area contributed by atoms with Crippen molar-refractivity contribution in [1.29, 1.82) is 0 Å². The van der Waals surface area contributed by atoms with E-state index in [0.717, 1.165) is 16.5 Å². The van der Waals surface area contributed by atoms with Gasteiger partial charge in [-0.1, -0.05) is 28.1 Å². The van der Waals surface area contributed by atoms with E-state index in [1.807, 2.05) is 24.3 Å². The van der Waals surface area contributed by atoms with Gasteiger partial charge in [-0.2, -0.15) is 0 Å². The van der Waals surface area contributed by atoms with E-state index in [9.17, 15) is 9.59 Å². The van der Waals surface area contributed by atoms with Gasteiger partial charge in [0.1, 0.15) is 0 Å². The normalized spacial score (nSPS) is 19.2. The molecule has 1 heterocycles. The van der Waals surface area contributed by atoms with E-state index in [1.165, 1.54) is 0 Å². The van der Waals surface area contributed by atoms with Crippen molar-refractivity contribution < 1.29 is 9.59 Å². The van der Waals surface area contributed by atoms with E-state index in [2.05, 4.69) is 26.6 Å². The molecule has 2 N–H and O–H groups in total. The molecule has 0 aliphatic carbocycles. The lowest BCUT2D eigenvalue weighted by molar-refractivity contribution is -0.124. The lowest BCUT2D eigenvalue weighted by atomic mass is 10.1. The van der Waals surface area contributed by atoms with Crippen molar-refractivity contribution in [3.05, 3.63) is 34.3 Å². The molecule has 5 heteroatoms. The molecule has 0 spiro atoms. The van der Waals surface area contributed by atoms with E-state index >= 15 is 0 Å². The van der Waals surface area contributed by atoms with Crippen LogP contribution in [0.15, 0.2) is 28.7 Å². The Balaban J connectivity index is 1.86. The van der Waals surface area contributed by atoms with Gasteiger partial charge in [-0.05, 0) is 24.1 Å². The second-order valence-corrected chi connectivity index (χ2v) is 5.33. The SMILES string of the molecule is O=C1CC(NC(=O)Cc2cccc(Br)c2)CCN1. The number of benzene rings is 1. The fourth-order valence-electron chi connectivity index (χ4n) is 2.02. The zero-order valence-corrected chi connectivity index (χ0v) is 11.5. The second kappa shape index (κ2) is 6.00. The standard InChI is InChI=1S/C13H15BrN2O2/c14-10-3-1-2-9(6-10)7-13(18)16-11-4-5-15-12(17)8-11/h1-3,6,11H,4-5,7-8H2,(H,15,17)(H,16,18). The number of rotatable bonds is 3. The van der Waals surface area contributed by atoms with Crippen molar-refractivity contribution in [2.75, 3.05) is 6.54 Å². The van der Waals surface area contributed by atoms with Crippen LogP contribution in [0.4, 0.5) is 0 Å². The minimum absolute atomic E-state index is 0.00834. The summed E-state index contributed by atoms with van der Waals surface area (Å²) in [6, 6.07) is 7.64. The molecule has 0 bridgehead atoms. The minimum atomic E-state index is -0.0344. The van der Waals surface area contributed by atoms with Crippen LogP contribution >= 0.6 is 15.9 Å². The third-order valence-electron chi connectivity index (χ3n) is 2.87. The number of nitrogens with one attached hydrogen (secondary N) is 2. The van der Waals surface area contributed by atoms with Crippen LogP contribution < -0.4 is 10.6 Å². The fraction of sp³-hybridized carbons (Fsp3) is 0.385. The van der Waals surface area contributed by atoms with Crippen LogP contribution in [0.25, 0.3) is 0 Å². The Morgan fingerprint density at radius 1 is 1.50 bits per heavy atom. The zero-order valence-electron chi connectivity index (χ0n) is 9.91. The van der Waals surface area contributed by atoms with Crippen molar-refractivity contribution >= 4 is 27.7 Å². The van der Waals surface area contributed by atoms with Gasteiger partial charge in [0.25, 0.3) is 0 Å². The Kier molecular flexibility index (Phi) is 4.36. The van der Waals surface area contributed by atoms with Crippen LogP contribution in [0.2, 0.25) is 0 Å². The van der Waals surface area contributed by atoms with E-state index in [4.69, 9.17) is 0 Å². The molecular weight excluding hydrogens is 296 g/mol. The molecule has 2 rings (SSSR count). The van der Waals surface area contributed by atoms with Crippen LogP contribution in [-0.2, 0) is 16.0 Å². The predicted molar refractivity (Wildman–Crippen MR) is 72.0 cm³/mol. The molecule has 4 nitrogen and oxygen atoms in total. The molecule has 96 valence electrons. The molecule has 0 radical (unpaired) electrons. The molecule has 1 atom stereocenters. The minimum Gasteiger partial charge on any atom is -0.356 e. The molecule has 1 aliphatic heterocycles. The number of hydrogen-bond donors (Lipinski definition) is 2. The zero-order chi connectivity index (χ0) is 13.0. The molecule has 1 aromatic carbocycles. The molecule has 1 fully saturated rings. The van der Waals surface area contributed by atoms with Crippen LogP contribution in [0.5, 0.6) is 0 Å². The van der Waals surface area contributed by atoms with Crippen LogP contribution in [0.3, 0.4) is 0 Å². The van der Waals surface area contributed by atoms with Gasteiger partial charge in [0.2, 0.25) is 11.8 Å². The molecule has 18 heavy (non-hydrogen) atoms. The quantitative estimate of drug-likeness (QED) is 0.886. The largest absolute Gasteiger partial charge is 0.356 e. The Labute approximate surface area is 114 Å². The van der Waals surface area contributed by atoms with Gasteiger partial charge >= 0.3 is 0 Å². The monoisotopic (exact) mass is 310 g/mol. The summed E-state index contributed by atoms with van der Waals surface area (Å²) in [7, 11) is 0. The van der Waals surface area contributed by atoms with Gasteiger partial charge in [-0.25, -0.2) is 0 Å².